The van der Waals surface area contributed by atoms with E-state index in [1.807, 2.05) is 0 Å². The van der Waals surface area contributed by atoms with Crippen LogP contribution in [0.25, 0.3) is 0 Å². The van der Waals surface area contributed by atoms with Crippen LogP contribution in [0.1, 0.15) is 31.5 Å². The molecule has 2 aliphatic carbocycles. The summed E-state index contributed by atoms with van der Waals surface area (Å²) in [5.74, 6) is 1.43. The highest BCUT2D eigenvalue weighted by Crippen LogP contribution is 2.48. The maximum absolute atomic E-state index is 12.8. The van der Waals surface area contributed by atoms with E-state index in [9.17, 15) is 13.2 Å². The van der Waals surface area contributed by atoms with Crippen molar-refractivity contribution in [3.63, 3.8) is 0 Å². The molecule has 0 spiro atoms. The second kappa shape index (κ2) is 5.35. The van der Waals surface area contributed by atoms with E-state index >= 15 is 0 Å². The van der Waals surface area contributed by atoms with Crippen molar-refractivity contribution in [1.82, 2.24) is 9.97 Å². The molecule has 2 aliphatic rings. The average Bonchev–Trinajstić information content (AvgIpc) is 3.06. The van der Waals surface area contributed by atoms with E-state index in [1.54, 1.807) is 7.05 Å². The van der Waals surface area contributed by atoms with Crippen LogP contribution in [-0.2, 0) is 6.18 Å². The lowest BCUT2D eigenvalue weighted by Gasteiger charge is -2.22. The molecule has 1 heterocycles. The molecular formula is C14H19F3N4. The molecule has 0 saturated heterocycles. The van der Waals surface area contributed by atoms with Crippen LogP contribution in [-0.4, -0.2) is 23.6 Å². The second-order valence-corrected chi connectivity index (χ2v) is 6.03. The third kappa shape index (κ3) is 3.06. The van der Waals surface area contributed by atoms with Gasteiger partial charge in [-0.15, -0.1) is 0 Å². The van der Waals surface area contributed by atoms with Gasteiger partial charge < -0.3 is 10.6 Å². The maximum atomic E-state index is 12.8. The lowest BCUT2D eigenvalue weighted by molar-refractivity contribution is -0.144. The molecule has 0 radical (unpaired) electrons. The zero-order chi connectivity index (χ0) is 15.0. The highest BCUT2D eigenvalue weighted by Gasteiger charge is 2.39. The molecular weight excluding hydrogens is 281 g/mol. The predicted molar refractivity (Wildman–Crippen MR) is 74.0 cm³/mol. The van der Waals surface area contributed by atoms with Crippen molar-refractivity contribution in [2.75, 3.05) is 24.2 Å². The number of nitrogens with one attached hydrogen (secondary N) is 2. The predicted octanol–water partition coefficient (Wildman–Crippen LogP) is 3.39. The van der Waals surface area contributed by atoms with Crippen LogP contribution in [0.15, 0.2) is 6.07 Å². The van der Waals surface area contributed by atoms with Gasteiger partial charge in [-0.2, -0.15) is 13.2 Å². The smallest absolute Gasteiger partial charge is 0.373 e. The van der Waals surface area contributed by atoms with Crippen molar-refractivity contribution in [3.05, 3.63) is 11.9 Å². The van der Waals surface area contributed by atoms with Gasteiger partial charge in [0.05, 0.1) is 0 Å². The van der Waals surface area contributed by atoms with Gasteiger partial charge >= 0.3 is 6.18 Å². The summed E-state index contributed by atoms with van der Waals surface area (Å²) in [6.45, 7) is 0.693. The number of hydrogen-bond donors (Lipinski definition) is 2. The molecule has 1 aromatic rings. The van der Waals surface area contributed by atoms with Gasteiger partial charge in [0, 0.05) is 19.7 Å². The summed E-state index contributed by atoms with van der Waals surface area (Å²) in [7, 11) is 1.54. The number of rotatable bonds is 4. The van der Waals surface area contributed by atoms with E-state index in [2.05, 4.69) is 20.6 Å². The van der Waals surface area contributed by atoms with Gasteiger partial charge in [0.15, 0.2) is 0 Å². The Hall–Kier alpha value is -1.53. The fourth-order valence-corrected chi connectivity index (χ4v) is 3.65. The summed E-state index contributed by atoms with van der Waals surface area (Å²) < 4.78 is 38.3. The first-order chi connectivity index (χ1) is 9.95. The first-order valence-corrected chi connectivity index (χ1v) is 7.33. The molecule has 2 N–H and O–H groups in total. The molecule has 0 aromatic carbocycles. The van der Waals surface area contributed by atoms with Crippen molar-refractivity contribution in [2.45, 2.75) is 31.9 Å². The Kier molecular flexibility index (Phi) is 3.67. The van der Waals surface area contributed by atoms with E-state index in [1.165, 1.54) is 31.7 Å². The Bertz CT molecular complexity index is 517. The van der Waals surface area contributed by atoms with Gasteiger partial charge in [-0.3, -0.25) is 0 Å². The first-order valence-electron chi connectivity index (χ1n) is 7.33. The number of hydrogen-bond acceptors (Lipinski definition) is 4. The second-order valence-electron chi connectivity index (χ2n) is 6.03. The number of fused-ring (bicyclic) bond motifs is 2. The Morgan fingerprint density at radius 2 is 1.95 bits per heavy atom. The summed E-state index contributed by atoms with van der Waals surface area (Å²) in [4.78, 5) is 7.04. The summed E-state index contributed by atoms with van der Waals surface area (Å²) in [5, 5.41) is 5.71. The molecule has 0 amide bonds. The van der Waals surface area contributed by atoms with Crippen LogP contribution in [0.2, 0.25) is 0 Å². The molecule has 2 saturated carbocycles. The molecule has 2 bridgehead atoms. The number of aromatic nitrogens is 2. The van der Waals surface area contributed by atoms with Crippen LogP contribution in [0.5, 0.6) is 0 Å². The molecule has 1 aromatic heterocycles. The largest absolute Gasteiger partial charge is 0.451 e. The molecule has 3 rings (SSSR count). The fraction of sp³-hybridized carbons (Fsp3) is 0.714. The van der Waals surface area contributed by atoms with Crippen molar-refractivity contribution >= 4 is 11.6 Å². The lowest BCUT2D eigenvalue weighted by Crippen LogP contribution is -2.21. The molecule has 3 atom stereocenters. The highest BCUT2D eigenvalue weighted by molar-refractivity contribution is 5.47. The van der Waals surface area contributed by atoms with E-state index in [4.69, 9.17) is 0 Å². The topological polar surface area (TPSA) is 49.8 Å². The normalized spacial score (nSPS) is 27.9. The van der Waals surface area contributed by atoms with Gasteiger partial charge in [-0.1, -0.05) is 6.42 Å². The van der Waals surface area contributed by atoms with Crippen LogP contribution in [0.3, 0.4) is 0 Å². The fourth-order valence-electron chi connectivity index (χ4n) is 3.65. The van der Waals surface area contributed by atoms with E-state index < -0.39 is 12.0 Å². The minimum atomic E-state index is -4.53. The van der Waals surface area contributed by atoms with Crippen LogP contribution in [0.4, 0.5) is 24.8 Å². The first kappa shape index (κ1) is 14.4. The molecule has 2 fully saturated rings. The quantitative estimate of drug-likeness (QED) is 0.895. The van der Waals surface area contributed by atoms with Crippen molar-refractivity contribution < 1.29 is 13.2 Å². The Morgan fingerprint density at radius 3 is 2.52 bits per heavy atom. The van der Waals surface area contributed by atoms with E-state index in [-0.39, 0.29) is 11.6 Å². The Morgan fingerprint density at radius 1 is 1.19 bits per heavy atom. The van der Waals surface area contributed by atoms with Gasteiger partial charge in [-0.05, 0) is 37.0 Å². The van der Waals surface area contributed by atoms with E-state index in [0.29, 0.717) is 12.5 Å². The highest BCUT2D eigenvalue weighted by atomic mass is 19.4. The van der Waals surface area contributed by atoms with Crippen molar-refractivity contribution in [2.24, 2.45) is 17.8 Å². The van der Waals surface area contributed by atoms with Crippen molar-refractivity contribution in [1.29, 1.82) is 0 Å². The van der Waals surface area contributed by atoms with Crippen LogP contribution < -0.4 is 10.6 Å². The lowest BCUT2D eigenvalue weighted by atomic mass is 9.89. The summed E-state index contributed by atoms with van der Waals surface area (Å²) in [5.41, 5.74) is 0. The molecule has 116 valence electrons. The zero-order valence-electron chi connectivity index (χ0n) is 11.9. The van der Waals surface area contributed by atoms with Crippen LogP contribution in [0, 0.1) is 17.8 Å². The summed E-state index contributed by atoms with van der Waals surface area (Å²) in [6, 6.07) is 1.52. The van der Waals surface area contributed by atoms with E-state index in [0.717, 1.165) is 11.8 Å². The van der Waals surface area contributed by atoms with Gasteiger partial charge in [0.2, 0.25) is 5.82 Å². The van der Waals surface area contributed by atoms with Crippen LogP contribution >= 0.6 is 0 Å². The Balaban J connectivity index is 1.69. The number of alkyl halides is 3. The van der Waals surface area contributed by atoms with Gasteiger partial charge in [0.25, 0.3) is 0 Å². The summed E-state index contributed by atoms with van der Waals surface area (Å²) in [6.07, 6.45) is 0.516. The number of anilines is 2. The number of halogens is 3. The molecule has 4 nitrogen and oxygen atoms in total. The standard InChI is InChI=1S/C14H19F3N4/c1-18-11-6-12(21-13(20-11)14(15,16)17)19-7-10-5-8-2-3-9(10)4-8/h6,8-10H,2-5,7H2,1H3,(H2,18,19,20,21). The third-order valence-electron chi connectivity index (χ3n) is 4.67. The average molecular weight is 300 g/mol. The minimum absolute atomic E-state index is 0.174. The molecule has 0 aliphatic heterocycles. The molecule has 7 heteroatoms. The molecule has 3 unspecified atom stereocenters. The number of nitrogens with zero attached hydrogens (tertiary/aromatic N) is 2. The Labute approximate surface area is 121 Å². The van der Waals surface area contributed by atoms with Gasteiger partial charge in [0.1, 0.15) is 11.6 Å². The van der Waals surface area contributed by atoms with Crippen molar-refractivity contribution in [3.8, 4) is 0 Å². The summed E-state index contributed by atoms with van der Waals surface area (Å²) >= 11 is 0. The minimum Gasteiger partial charge on any atom is -0.373 e. The third-order valence-corrected chi connectivity index (χ3v) is 4.67. The zero-order valence-corrected chi connectivity index (χ0v) is 11.9. The molecule has 21 heavy (non-hydrogen) atoms. The maximum Gasteiger partial charge on any atom is 0.451 e. The SMILES string of the molecule is CNc1cc(NCC2CC3CCC2C3)nc(C(F)(F)F)n1. The van der Waals surface area contributed by atoms with Gasteiger partial charge in [-0.25, -0.2) is 9.97 Å². The monoisotopic (exact) mass is 300 g/mol.